The maximum absolute atomic E-state index is 12.1. The third kappa shape index (κ3) is 2.72. The van der Waals surface area contributed by atoms with Gasteiger partial charge in [0, 0.05) is 18.8 Å². The second-order valence-corrected chi connectivity index (χ2v) is 6.07. The molecule has 2 heterocycles. The van der Waals surface area contributed by atoms with Crippen LogP contribution in [0.15, 0.2) is 41.7 Å². The van der Waals surface area contributed by atoms with E-state index >= 15 is 0 Å². The molecule has 0 saturated carbocycles. The predicted octanol–water partition coefficient (Wildman–Crippen LogP) is 1.83. The van der Waals surface area contributed by atoms with Crippen LogP contribution >= 0.6 is 0 Å². The van der Waals surface area contributed by atoms with Gasteiger partial charge in [-0.3, -0.25) is 9.69 Å². The number of amides is 1. The van der Waals surface area contributed by atoms with Gasteiger partial charge >= 0.3 is 0 Å². The molecule has 1 atom stereocenters. The van der Waals surface area contributed by atoms with Gasteiger partial charge in [0.25, 0.3) is 0 Å². The predicted molar refractivity (Wildman–Crippen MR) is 89.3 cm³/mol. The molecule has 120 valence electrons. The number of nitrogens with zero attached hydrogens (tertiary/aromatic N) is 4. The number of aromatic nitrogens is 2. The van der Waals surface area contributed by atoms with Crippen LogP contribution in [0.2, 0.25) is 0 Å². The number of benzene rings is 1. The molecule has 0 aliphatic carbocycles. The Morgan fingerprint density at radius 1 is 1.39 bits per heavy atom. The molecule has 0 radical (unpaired) electrons. The lowest BCUT2D eigenvalue weighted by Gasteiger charge is -2.32. The Kier molecular flexibility index (Phi) is 3.67. The largest absolute Gasteiger partial charge is 0.369 e. The first-order valence-corrected chi connectivity index (χ1v) is 7.69. The van der Waals surface area contributed by atoms with Gasteiger partial charge in [0.1, 0.15) is 0 Å². The fourth-order valence-corrected chi connectivity index (χ4v) is 2.74. The van der Waals surface area contributed by atoms with Crippen LogP contribution in [0.5, 0.6) is 0 Å². The Bertz CT molecular complexity index is 779. The molecular weight excluding hydrogens is 290 g/mol. The van der Waals surface area contributed by atoms with E-state index < -0.39 is 5.54 Å². The van der Waals surface area contributed by atoms with Crippen LogP contribution in [0.4, 0.5) is 0 Å². The minimum atomic E-state index is -0.672. The van der Waals surface area contributed by atoms with Crippen LogP contribution in [0.25, 0.3) is 5.69 Å². The average Bonchev–Trinajstić information content (AvgIpc) is 3.03. The first kappa shape index (κ1) is 15.3. The average molecular weight is 311 g/mol. The van der Waals surface area contributed by atoms with Crippen molar-refractivity contribution < 1.29 is 4.79 Å². The van der Waals surface area contributed by atoms with Crippen LogP contribution in [0.1, 0.15) is 31.4 Å². The maximum atomic E-state index is 12.1. The number of guanidine groups is 1. The number of aryl methyl sites for hydroxylation is 1. The molecule has 3 rings (SSSR count). The van der Waals surface area contributed by atoms with E-state index in [1.165, 1.54) is 10.5 Å². The van der Waals surface area contributed by atoms with Crippen LogP contribution in [0, 0.1) is 0 Å². The van der Waals surface area contributed by atoms with E-state index in [1.807, 2.05) is 29.9 Å². The molecular formula is C17H21N5O. The third-order valence-electron chi connectivity index (χ3n) is 4.36. The molecule has 1 aromatic carbocycles. The van der Waals surface area contributed by atoms with Gasteiger partial charge in [-0.05, 0) is 31.0 Å². The topological polar surface area (TPSA) is 76.5 Å². The summed E-state index contributed by atoms with van der Waals surface area (Å²) in [5, 5.41) is 4.43. The molecule has 6 heteroatoms. The van der Waals surface area contributed by atoms with Crippen molar-refractivity contribution in [3.8, 4) is 5.69 Å². The zero-order chi connectivity index (χ0) is 16.6. The first-order chi connectivity index (χ1) is 10.9. The summed E-state index contributed by atoms with van der Waals surface area (Å²) < 4.78 is 1.81. The van der Waals surface area contributed by atoms with E-state index in [0.717, 1.165) is 17.7 Å². The fourth-order valence-electron chi connectivity index (χ4n) is 2.74. The summed E-state index contributed by atoms with van der Waals surface area (Å²) in [6.45, 7) is 4.03. The van der Waals surface area contributed by atoms with E-state index in [9.17, 15) is 4.79 Å². The lowest BCUT2D eigenvalue weighted by molar-refractivity contribution is -0.128. The maximum Gasteiger partial charge on any atom is 0.231 e. The van der Waals surface area contributed by atoms with Gasteiger partial charge in [-0.15, -0.1) is 0 Å². The quantitative estimate of drug-likeness (QED) is 0.939. The van der Waals surface area contributed by atoms with Crippen molar-refractivity contribution in [3.63, 3.8) is 0 Å². The number of carbonyl (C=O) groups is 1. The highest BCUT2D eigenvalue weighted by atomic mass is 16.2. The number of hydrogen-bond acceptors (Lipinski definition) is 4. The van der Waals surface area contributed by atoms with E-state index in [-0.39, 0.29) is 18.3 Å². The van der Waals surface area contributed by atoms with E-state index in [1.54, 1.807) is 13.2 Å². The monoisotopic (exact) mass is 311 g/mol. The number of rotatable bonds is 3. The SMILES string of the molecule is CCc1cccc(-n2cc(C3(C)CC(=O)N(C)C(N)=N3)cn2)c1. The Balaban J connectivity index is 1.97. The highest BCUT2D eigenvalue weighted by molar-refractivity contribution is 5.98. The summed E-state index contributed by atoms with van der Waals surface area (Å²) in [5.41, 5.74) is 8.32. The van der Waals surface area contributed by atoms with Gasteiger partial charge < -0.3 is 5.73 Å². The molecule has 1 amide bonds. The van der Waals surface area contributed by atoms with Crippen molar-refractivity contribution in [2.45, 2.75) is 32.2 Å². The first-order valence-electron chi connectivity index (χ1n) is 7.69. The van der Waals surface area contributed by atoms with Gasteiger partial charge in [0.05, 0.1) is 23.8 Å². The Morgan fingerprint density at radius 3 is 2.87 bits per heavy atom. The lowest BCUT2D eigenvalue weighted by Crippen LogP contribution is -2.47. The van der Waals surface area contributed by atoms with Crippen molar-refractivity contribution in [1.82, 2.24) is 14.7 Å². The zero-order valence-electron chi connectivity index (χ0n) is 13.7. The standard InChI is InChI=1S/C17H21N5O/c1-4-12-6-5-7-14(8-12)22-11-13(10-19-22)17(2)9-15(23)21(3)16(18)20-17/h5-8,10-11H,4,9H2,1-3H3,(H2,18,20). The Labute approximate surface area is 135 Å². The summed E-state index contributed by atoms with van der Waals surface area (Å²) in [6.07, 6.45) is 4.93. The number of hydrogen-bond donors (Lipinski definition) is 1. The summed E-state index contributed by atoms with van der Waals surface area (Å²) in [5.74, 6) is 0.199. The van der Waals surface area contributed by atoms with Crippen LogP contribution in [-0.4, -0.2) is 33.6 Å². The van der Waals surface area contributed by atoms with Gasteiger partial charge in [-0.2, -0.15) is 5.10 Å². The smallest absolute Gasteiger partial charge is 0.231 e. The molecule has 0 fully saturated rings. The molecule has 6 nitrogen and oxygen atoms in total. The minimum Gasteiger partial charge on any atom is -0.369 e. The molecule has 2 N–H and O–H groups in total. The van der Waals surface area contributed by atoms with Gasteiger partial charge in [-0.1, -0.05) is 19.1 Å². The highest BCUT2D eigenvalue weighted by Gasteiger charge is 2.37. The van der Waals surface area contributed by atoms with E-state index in [2.05, 4.69) is 29.1 Å². The lowest BCUT2D eigenvalue weighted by atomic mass is 9.90. The fraction of sp³-hybridized carbons (Fsp3) is 0.353. The number of nitrogens with two attached hydrogens (primary N) is 1. The summed E-state index contributed by atoms with van der Waals surface area (Å²) in [7, 11) is 1.64. The molecule has 1 aliphatic rings. The van der Waals surface area contributed by atoms with Gasteiger partial charge in [0.2, 0.25) is 5.91 Å². The molecule has 2 aromatic rings. The number of aliphatic imine (C=N–C) groups is 1. The second-order valence-electron chi connectivity index (χ2n) is 6.07. The molecule has 0 saturated heterocycles. The van der Waals surface area contributed by atoms with Gasteiger partial charge in [-0.25, -0.2) is 9.67 Å². The van der Waals surface area contributed by atoms with Crippen molar-refractivity contribution in [1.29, 1.82) is 0 Å². The van der Waals surface area contributed by atoms with Crippen LogP contribution < -0.4 is 5.73 Å². The Hall–Kier alpha value is -2.63. The summed E-state index contributed by atoms with van der Waals surface area (Å²) in [6, 6.07) is 8.23. The molecule has 1 aliphatic heterocycles. The normalized spacial score (nSPS) is 21.4. The minimum absolute atomic E-state index is 0.0410. The molecule has 0 bridgehead atoms. The van der Waals surface area contributed by atoms with Crippen LogP contribution in [0.3, 0.4) is 0 Å². The number of carbonyl (C=O) groups excluding carboxylic acids is 1. The van der Waals surface area contributed by atoms with E-state index in [4.69, 9.17) is 5.73 Å². The zero-order valence-corrected chi connectivity index (χ0v) is 13.7. The molecule has 23 heavy (non-hydrogen) atoms. The highest BCUT2D eigenvalue weighted by Crippen LogP contribution is 2.32. The van der Waals surface area contributed by atoms with Crippen molar-refractivity contribution >= 4 is 11.9 Å². The Morgan fingerprint density at radius 2 is 2.17 bits per heavy atom. The van der Waals surface area contributed by atoms with Gasteiger partial charge in [0.15, 0.2) is 5.96 Å². The molecule has 1 aromatic heterocycles. The van der Waals surface area contributed by atoms with Crippen molar-refractivity contribution in [2.24, 2.45) is 10.7 Å². The van der Waals surface area contributed by atoms with Crippen molar-refractivity contribution in [3.05, 3.63) is 47.8 Å². The third-order valence-corrected chi connectivity index (χ3v) is 4.36. The summed E-state index contributed by atoms with van der Waals surface area (Å²) in [4.78, 5) is 18.0. The second kappa shape index (κ2) is 5.53. The molecule has 0 spiro atoms. The van der Waals surface area contributed by atoms with Crippen LogP contribution in [-0.2, 0) is 16.8 Å². The summed E-state index contributed by atoms with van der Waals surface area (Å²) >= 11 is 0. The van der Waals surface area contributed by atoms with E-state index in [0.29, 0.717) is 0 Å². The molecule has 1 unspecified atom stereocenters. The van der Waals surface area contributed by atoms with Crippen molar-refractivity contribution in [2.75, 3.05) is 7.05 Å².